The van der Waals surface area contributed by atoms with E-state index in [0.717, 1.165) is 11.3 Å². The molecule has 0 saturated carbocycles. The van der Waals surface area contributed by atoms with Crippen LogP contribution in [0.5, 0.6) is 5.75 Å². The predicted octanol–water partition coefficient (Wildman–Crippen LogP) is 3.65. The van der Waals surface area contributed by atoms with Crippen molar-refractivity contribution in [3.05, 3.63) is 40.6 Å². The molecular weight excluding hydrogens is 195 g/mol. The van der Waals surface area contributed by atoms with Crippen molar-refractivity contribution in [3.63, 3.8) is 0 Å². The number of hydrogen-bond donors (Lipinski definition) is 0. The van der Waals surface area contributed by atoms with Crippen molar-refractivity contribution in [3.8, 4) is 5.75 Å². The first-order valence-electron chi connectivity index (χ1n) is 3.43. The number of hydrogen-bond acceptors (Lipinski definition) is 1. The maximum absolute atomic E-state index is 5.58. The van der Waals surface area contributed by atoms with E-state index in [9.17, 15) is 0 Å². The molecule has 0 aliphatic heterocycles. The molecule has 0 aliphatic rings. The molecule has 0 bridgehead atoms. The van der Waals surface area contributed by atoms with Crippen LogP contribution in [-0.4, -0.2) is 0 Å². The average Bonchev–Trinajstić information content (AvgIpc) is 2.09. The summed E-state index contributed by atoms with van der Waals surface area (Å²) in [6.07, 6.45) is 0. The largest absolute Gasteiger partial charge is 0.444 e. The van der Waals surface area contributed by atoms with Crippen molar-refractivity contribution in [1.82, 2.24) is 0 Å². The highest BCUT2D eigenvalue weighted by atomic mass is 35.5. The molecule has 0 aromatic heterocycles. The Balaban J connectivity index is 2.82. The van der Waals surface area contributed by atoms with Crippen LogP contribution < -0.4 is 4.74 Å². The third kappa shape index (κ3) is 2.43. The van der Waals surface area contributed by atoms with Crippen molar-refractivity contribution in [1.29, 1.82) is 0 Å². The molecule has 0 saturated heterocycles. The molecule has 1 aromatic carbocycles. The van der Waals surface area contributed by atoms with Gasteiger partial charge in [-0.2, -0.15) is 0 Å². The normalized spacial score (nSPS) is 11.4. The van der Waals surface area contributed by atoms with E-state index in [2.05, 4.69) is 0 Å². The fourth-order valence-corrected chi connectivity index (χ4v) is 0.926. The lowest BCUT2D eigenvalue weighted by molar-refractivity contribution is 0.460. The van der Waals surface area contributed by atoms with E-state index in [4.69, 9.17) is 27.9 Å². The fourth-order valence-electron chi connectivity index (χ4n) is 0.798. The van der Waals surface area contributed by atoms with Crippen LogP contribution in [0.4, 0.5) is 0 Å². The second-order valence-electron chi connectivity index (χ2n) is 2.28. The van der Waals surface area contributed by atoms with Gasteiger partial charge in [0.25, 0.3) is 0 Å². The predicted molar refractivity (Wildman–Crippen MR) is 51.6 cm³/mol. The van der Waals surface area contributed by atoms with Crippen LogP contribution in [0.15, 0.2) is 35.0 Å². The Hall–Kier alpha value is -0.660. The number of para-hydroxylation sites is 1. The summed E-state index contributed by atoms with van der Waals surface area (Å²) in [6, 6.07) is 7.58. The zero-order valence-electron chi connectivity index (χ0n) is 6.55. The molecule has 12 heavy (non-hydrogen) atoms. The second kappa shape index (κ2) is 4.39. The van der Waals surface area contributed by atoms with Crippen molar-refractivity contribution in [2.75, 3.05) is 0 Å². The van der Waals surface area contributed by atoms with Crippen LogP contribution in [0, 0.1) is 6.92 Å². The molecule has 1 nitrogen and oxygen atoms in total. The number of aryl methyl sites for hydroxylation is 1. The van der Waals surface area contributed by atoms with E-state index in [1.54, 1.807) is 0 Å². The van der Waals surface area contributed by atoms with Crippen LogP contribution in [0.1, 0.15) is 5.56 Å². The van der Waals surface area contributed by atoms with E-state index in [-0.39, 0.29) is 5.22 Å². The Bertz CT molecular complexity index is 294. The molecule has 0 unspecified atom stereocenters. The minimum Gasteiger partial charge on any atom is -0.444 e. The first-order chi connectivity index (χ1) is 5.74. The van der Waals surface area contributed by atoms with E-state index >= 15 is 0 Å². The smallest absolute Gasteiger partial charge is 0.205 e. The summed E-state index contributed by atoms with van der Waals surface area (Å²) in [5.41, 5.74) is 2.21. The zero-order chi connectivity index (χ0) is 8.97. The lowest BCUT2D eigenvalue weighted by Gasteiger charge is -2.05. The third-order valence-electron chi connectivity index (χ3n) is 1.39. The standard InChI is InChI=1S/C9H8Cl2O/c1-7-4-2-3-5-8(7)12-9(11)6-10/h2-6H,1H3/b9-6+. The molecule has 0 fully saturated rings. The number of benzene rings is 1. The van der Waals surface area contributed by atoms with Gasteiger partial charge in [0.05, 0.1) is 5.54 Å². The summed E-state index contributed by atoms with van der Waals surface area (Å²) >= 11 is 10.9. The van der Waals surface area contributed by atoms with Gasteiger partial charge in [-0.05, 0) is 30.2 Å². The zero-order valence-corrected chi connectivity index (χ0v) is 8.06. The van der Waals surface area contributed by atoms with Gasteiger partial charge < -0.3 is 4.74 Å². The van der Waals surface area contributed by atoms with Crippen LogP contribution in [-0.2, 0) is 0 Å². The van der Waals surface area contributed by atoms with Crippen molar-refractivity contribution < 1.29 is 4.74 Å². The summed E-state index contributed by atoms with van der Waals surface area (Å²) in [5.74, 6) is 0.722. The van der Waals surface area contributed by atoms with Crippen LogP contribution in [0.3, 0.4) is 0 Å². The molecule has 0 N–H and O–H groups in total. The maximum Gasteiger partial charge on any atom is 0.205 e. The highest BCUT2D eigenvalue weighted by Crippen LogP contribution is 2.20. The lowest BCUT2D eigenvalue weighted by atomic mass is 10.2. The molecule has 0 atom stereocenters. The van der Waals surface area contributed by atoms with E-state index in [1.165, 1.54) is 5.54 Å². The maximum atomic E-state index is 5.58. The summed E-state index contributed by atoms with van der Waals surface area (Å²) in [7, 11) is 0. The lowest BCUT2D eigenvalue weighted by Crippen LogP contribution is -1.89. The minimum atomic E-state index is 0.172. The van der Waals surface area contributed by atoms with Gasteiger partial charge >= 0.3 is 0 Å². The van der Waals surface area contributed by atoms with Gasteiger partial charge in [-0.3, -0.25) is 0 Å². The van der Waals surface area contributed by atoms with Gasteiger partial charge in [-0.15, -0.1) is 0 Å². The van der Waals surface area contributed by atoms with Crippen LogP contribution in [0.2, 0.25) is 0 Å². The van der Waals surface area contributed by atoms with Crippen molar-refractivity contribution in [2.45, 2.75) is 6.92 Å². The summed E-state index contributed by atoms with van der Waals surface area (Å²) in [5, 5.41) is 0.172. The first kappa shape index (κ1) is 9.43. The van der Waals surface area contributed by atoms with Crippen LogP contribution >= 0.6 is 23.2 Å². The summed E-state index contributed by atoms with van der Waals surface area (Å²) in [6.45, 7) is 1.94. The summed E-state index contributed by atoms with van der Waals surface area (Å²) in [4.78, 5) is 0. The first-order valence-corrected chi connectivity index (χ1v) is 4.25. The Morgan fingerprint density at radius 3 is 2.67 bits per heavy atom. The molecule has 0 spiro atoms. The highest BCUT2D eigenvalue weighted by molar-refractivity contribution is 6.35. The molecule has 64 valence electrons. The van der Waals surface area contributed by atoms with Crippen molar-refractivity contribution in [2.24, 2.45) is 0 Å². The highest BCUT2D eigenvalue weighted by Gasteiger charge is 1.98. The third-order valence-corrected chi connectivity index (χ3v) is 1.88. The SMILES string of the molecule is Cc1ccccc1O/C(Cl)=C/Cl. The fraction of sp³-hybridized carbons (Fsp3) is 0.111. The molecule has 3 heteroatoms. The van der Waals surface area contributed by atoms with Gasteiger partial charge in [0, 0.05) is 0 Å². The molecule has 0 amide bonds. The molecule has 0 radical (unpaired) electrons. The molecule has 1 rings (SSSR count). The van der Waals surface area contributed by atoms with E-state index in [1.807, 2.05) is 31.2 Å². The van der Waals surface area contributed by atoms with E-state index < -0.39 is 0 Å². The molecule has 1 aromatic rings. The molecule has 0 aliphatic carbocycles. The van der Waals surface area contributed by atoms with E-state index in [0.29, 0.717) is 0 Å². The van der Waals surface area contributed by atoms with Gasteiger partial charge in [0.1, 0.15) is 5.75 Å². The minimum absolute atomic E-state index is 0.172. The molecule has 0 heterocycles. The summed E-state index contributed by atoms with van der Waals surface area (Å²) < 4.78 is 5.19. The second-order valence-corrected chi connectivity index (χ2v) is 2.87. The Labute approximate surface area is 81.6 Å². The van der Waals surface area contributed by atoms with Gasteiger partial charge in [-0.1, -0.05) is 29.8 Å². The monoisotopic (exact) mass is 202 g/mol. The van der Waals surface area contributed by atoms with Gasteiger partial charge in [-0.25, -0.2) is 0 Å². The van der Waals surface area contributed by atoms with Crippen LogP contribution in [0.25, 0.3) is 0 Å². The quantitative estimate of drug-likeness (QED) is 0.666. The van der Waals surface area contributed by atoms with Gasteiger partial charge in [0.15, 0.2) is 0 Å². The Morgan fingerprint density at radius 1 is 1.42 bits per heavy atom. The van der Waals surface area contributed by atoms with Gasteiger partial charge in [0.2, 0.25) is 5.22 Å². The average molecular weight is 203 g/mol. The Morgan fingerprint density at radius 2 is 2.08 bits per heavy atom. The topological polar surface area (TPSA) is 9.23 Å². The molecular formula is C9H8Cl2O. The number of halogens is 2. The number of ether oxygens (including phenoxy) is 1. The van der Waals surface area contributed by atoms with Crippen molar-refractivity contribution >= 4 is 23.2 Å². The number of rotatable bonds is 2. The Kier molecular flexibility index (Phi) is 3.45.